The van der Waals surface area contributed by atoms with Gasteiger partial charge in [0.05, 0.1) is 16.4 Å². The molecule has 1 aromatic carbocycles. The van der Waals surface area contributed by atoms with Crippen molar-refractivity contribution in [2.75, 3.05) is 43.5 Å². The molecule has 4 aromatic heterocycles. The van der Waals surface area contributed by atoms with Gasteiger partial charge >= 0.3 is 5.97 Å². The van der Waals surface area contributed by atoms with Gasteiger partial charge in [0.1, 0.15) is 5.82 Å². The summed E-state index contributed by atoms with van der Waals surface area (Å²) in [6, 6.07) is 11.9. The standard InChI is InChI=1S/C45H57N9O3S/c1-29-31-11-8-19-53(39(31)51-50-38(29)49-41-47-34-12-6-7-13-35(34)58-41)36-15-14-32(37(48-36)40(56)57)33-21-46-54(30(33)2)28-45-25-42(3)22-43(4,26-45)24-44(23-42,27-45)16-9-17-52(5)18-10-20-55/h6-7,12-15,21,55H,8-11,16-20,22-28H2,1-5H3,(H,56,57)(H,47,49,50)/t42-,43+,44?,45?. The van der Waals surface area contributed by atoms with Gasteiger partial charge < -0.3 is 25.3 Å². The van der Waals surface area contributed by atoms with E-state index in [4.69, 9.17) is 15.1 Å². The van der Waals surface area contributed by atoms with E-state index in [2.05, 4.69) is 65.9 Å². The lowest BCUT2D eigenvalue weighted by Crippen LogP contribution is -2.60. The maximum absolute atomic E-state index is 13.0. The Balaban J connectivity index is 0.959. The third-order valence-electron chi connectivity index (χ3n) is 13.9. The van der Waals surface area contributed by atoms with E-state index in [-0.39, 0.29) is 17.7 Å². The summed E-state index contributed by atoms with van der Waals surface area (Å²) in [5, 5.41) is 38.3. The minimum Gasteiger partial charge on any atom is -0.476 e. The number of aliphatic hydroxyl groups is 1. The first kappa shape index (κ1) is 39.0. The molecule has 58 heavy (non-hydrogen) atoms. The largest absolute Gasteiger partial charge is 0.476 e. The molecule has 4 saturated carbocycles. The molecule has 5 aliphatic rings. The lowest BCUT2D eigenvalue weighted by atomic mass is 9.35. The van der Waals surface area contributed by atoms with E-state index in [1.165, 1.54) is 51.4 Å². The molecule has 2 unspecified atom stereocenters. The van der Waals surface area contributed by atoms with Gasteiger partial charge in [-0.15, -0.1) is 10.2 Å². The average molecular weight is 804 g/mol. The van der Waals surface area contributed by atoms with Crippen molar-refractivity contribution in [3.63, 3.8) is 0 Å². The Morgan fingerprint density at radius 1 is 0.931 bits per heavy atom. The molecule has 0 saturated heterocycles. The first-order valence-electron chi connectivity index (χ1n) is 21.1. The highest BCUT2D eigenvalue weighted by Crippen LogP contribution is 2.75. The topological polar surface area (TPSA) is 145 Å². The minimum atomic E-state index is -1.07. The van der Waals surface area contributed by atoms with E-state index in [9.17, 15) is 15.0 Å². The highest BCUT2D eigenvalue weighted by atomic mass is 32.1. The molecule has 4 bridgehead atoms. The van der Waals surface area contributed by atoms with Crippen LogP contribution >= 0.6 is 11.3 Å². The van der Waals surface area contributed by atoms with E-state index < -0.39 is 5.97 Å². The second kappa shape index (κ2) is 14.7. The van der Waals surface area contributed by atoms with Gasteiger partial charge in [-0.25, -0.2) is 14.8 Å². The molecule has 4 atom stereocenters. The molecule has 12 nitrogen and oxygen atoms in total. The van der Waals surface area contributed by atoms with Crippen molar-refractivity contribution in [2.45, 2.75) is 105 Å². The van der Waals surface area contributed by atoms with Gasteiger partial charge in [0.25, 0.3) is 0 Å². The third-order valence-corrected chi connectivity index (χ3v) is 14.9. The van der Waals surface area contributed by atoms with Crippen LogP contribution in [0.5, 0.6) is 0 Å². The summed E-state index contributed by atoms with van der Waals surface area (Å²) in [7, 11) is 2.18. The van der Waals surface area contributed by atoms with Gasteiger partial charge in [-0.2, -0.15) is 5.10 Å². The molecule has 4 fully saturated rings. The molecule has 0 spiro atoms. The van der Waals surface area contributed by atoms with Crippen LogP contribution in [0.2, 0.25) is 0 Å². The maximum atomic E-state index is 13.0. The van der Waals surface area contributed by atoms with E-state index in [1.807, 2.05) is 41.4 Å². The van der Waals surface area contributed by atoms with Crippen molar-refractivity contribution in [3.8, 4) is 11.1 Å². The van der Waals surface area contributed by atoms with Crippen molar-refractivity contribution in [1.82, 2.24) is 34.8 Å². The fourth-order valence-electron chi connectivity index (χ4n) is 12.9. The van der Waals surface area contributed by atoms with E-state index in [0.29, 0.717) is 45.8 Å². The number of nitrogens with one attached hydrogen (secondary N) is 1. The quantitative estimate of drug-likeness (QED) is 0.0989. The summed E-state index contributed by atoms with van der Waals surface area (Å²) in [5.74, 6) is 0.868. The number of fused-ring (bicyclic) bond motifs is 2. The number of hydrogen-bond acceptors (Lipinski definition) is 11. The zero-order valence-electron chi connectivity index (χ0n) is 34.6. The third kappa shape index (κ3) is 7.17. The summed E-state index contributed by atoms with van der Waals surface area (Å²) < 4.78 is 3.28. The summed E-state index contributed by atoms with van der Waals surface area (Å²) >= 11 is 1.58. The van der Waals surface area contributed by atoms with Gasteiger partial charge in [0.15, 0.2) is 22.5 Å². The number of thiazole rings is 1. The first-order valence-corrected chi connectivity index (χ1v) is 21.9. The number of anilines is 4. The number of aliphatic hydroxyl groups excluding tert-OH is 1. The molecule has 306 valence electrons. The van der Waals surface area contributed by atoms with Crippen LogP contribution in [-0.2, 0) is 13.0 Å². The van der Waals surface area contributed by atoms with Crippen molar-refractivity contribution in [2.24, 2.45) is 21.7 Å². The van der Waals surface area contributed by atoms with Crippen LogP contribution in [0.1, 0.15) is 105 Å². The van der Waals surface area contributed by atoms with Gasteiger partial charge in [0.2, 0.25) is 0 Å². The molecular formula is C45H57N9O3S. The number of para-hydroxylation sites is 1. The molecular weight excluding hydrogens is 747 g/mol. The van der Waals surface area contributed by atoms with Crippen molar-refractivity contribution in [1.29, 1.82) is 0 Å². The molecule has 0 amide bonds. The number of aromatic nitrogens is 6. The SMILES string of the molecule is Cc1c(Nc2nc3ccccc3s2)nnc2c1CCCN2c1ccc(-c2cnn(CC34CC5(CCCN(C)CCCO)C[C@@](C)(C3)C[C@](C)(C5)C4)c2C)c(C(=O)O)n1. The van der Waals surface area contributed by atoms with E-state index in [0.717, 1.165) is 76.6 Å². The zero-order valence-corrected chi connectivity index (χ0v) is 35.5. The Labute approximate surface area is 345 Å². The second-order valence-corrected chi connectivity index (χ2v) is 20.2. The number of carboxylic acids is 1. The van der Waals surface area contributed by atoms with Crippen molar-refractivity contribution in [3.05, 3.63) is 65.1 Å². The van der Waals surface area contributed by atoms with E-state index in [1.54, 1.807) is 11.3 Å². The molecule has 5 heterocycles. The molecule has 13 heteroatoms. The summed E-state index contributed by atoms with van der Waals surface area (Å²) in [5.41, 5.74) is 6.60. The Morgan fingerprint density at radius 3 is 2.45 bits per heavy atom. The summed E-state index contributed by atoms with van der Waals surface area (Å²) in [6.07, 6.45) is 14.4. The molecule has 1 aliphatic heterocycles. The Kier molecular flexibility index (Phi) is 9.87. The van der Waals surface area contributed by atoms with Crippen LogP contribution in [0.25, 0.3) is 21.3 Å². The van der Waals surface area contributed by atoms with Gasteiger partial charge in [-0.3, -0.25) is 4.68 Å². The Bertz CT molecular complexity index is 2320. The smallest absolute Gasteiger partial charge is 0.355 e. The number of rotatable bonds is 14. The van der Waals surface area contributed by atoms with Crippen LogP contribution < -0.4 is 10.2 Å². The average Bonchev–Trinajstić information content (AvgIpc) is 3.74. The predicted octanol–water partition coefficient (Wildman–Crippen LogP) is 8.95. The van der Waals surface area contributed by atoms with Crippen LogP contribution in [0.15, 0.2) is 42.6 Å². The normalized spacial score (nSPS) is 26.2. The van der Waals surface area contributed by atoms with Crippen molar-refractivity contribution >= 4 is 50.1 Å². The van der Waals surface area contributed by atoms with Gasteiger partial charge in [-0.1, -0.05) is 37.3 Å². The number of carbonyl (C=O) groups is 1. The first-order chi connectivity index (χ1) is 27.8. The number of carboxylic acid groups (broad SMARTS) is 1. The fourth-order valence-corrected chi connectivity index (χ4v) is 13.8. The van der Waals surface area contributed by atoms with Crippen LogP contribution in [0.4, 0.5) is 22.6 Å². The lowest BCUT2D eigenvalue weighted by Gasteiger charge is -2.70. The monoisotopic (exact) mass is 803 g/mol. The van der Waals surface area contributed by atoms with Crippen LogP contribution in [-0.4, -0.2) is 84.3 Å². The number of hydrogen-bond donors (Lipinski definition) is 3. The van der Waals surface area contributed by atoms with Crippen molar-refractivity contribution < 1.29 is 15.0 Å². The van der Waals surface area contributed by atoms with E-state index >= 15 is 0 Å². The highest BCUT2D eigenvalue weighted by Gasteiger charge is 2.65. The minimum absolute atomic E-state index is 0.0174. The Hall–Kier alpha value is -4.46. The second-order valence-electron chi connectivity index (χ2n) is 19.2. The summed E-state index contributed by atoms with van der Waals surface area (Å²) in [4.78, 5) is 26.9. The fraction of sp³-hybridized carbons (Fsp3) is 0.556. The zero-order chi connectivity index (χ0) is 40.5. The molecule has 3 N–H and O–H groups in total. The summed E-state index contributed by atoms with van der Waals surface area (Å²) in [6.45, 7) is 13.0. The maximum Gasteiger partial charge on any atom is 0.355 e. The number of benzene rings is 1. The number of pyridine rings is 1. The van der Waals surface area contributed by atoms with Crippen LogP contribution in [0.3, 0.4) is 0 Å². The molecule has 0 radical (unpaired) electrons. The molecule has 10 rings (SSSR count). The van der Waals surface area contributed by atoms with Gasteiger partial charge in [0, 0.05) is 54.2 Å². The lowest BCUT2D eigenvalue weighted by molar-refractivity contribution is -0.198. The Morgan fingerprint density at radius 2 is 1.69 bits per heavy atom. The number of aromatic carboxylic acids is 1. The highest BCUT2D eigenvalue weighted by molar-refractivity contribution is 7.22. The van der Waals surface area contributed by atoms with Gasteiger partial charge in [-0.05, 0) is 144 Å². The molecule has 5 aromatic rings. The molecule has 4 aliphatic carbocycles. The van der Waals surface area contributed by atoms with Crippen LogP contribution in [0, 0.1) is 35.5 Å². The predicted molar refractivity (Wildman–Crippen MR) is 229 cm³/mol. The number of nitrogens with zero attached hydrogens (tertiary/aromatic N) is 8.